The van der Waals surface area contributed by atoms with Crippen LogP contribution in [-0.4, -0.2) is 27.3 Å². The summed E-state index contributed by atoms with van der Waals surface area (Å²) in [7, 11) is -2.62. The molecule has 1 heterocycles. The van der Waals surface area contributed by atoms with E-state index in [-0.39, 0.29) is 16.5 Å². The van der Waals surface area contributed by atoms with Crippen molar-refractivity contribution in [1.29, 1.82) is 0 Å². The maximum absolute atomic E-state index is 13.4. The fourth-order valence-electron chi connectivity index (χ4n) is 3.65. The summed E-state index contributed by atoms with van der Waals surface area (Å²) in [6.07, 6.45) is 0. The molecule has 0 aliphatic carbocycles. The lowest BCUT2D eigenvalue weighted by Crippen LogP contribution is -2.21. The monoisotopic (exact) mass is 477 g/mol. The molecule has 0 unspecified atom stereocenters. The SMILES string of the molecule is COc1ccc(NC(C)=O)c(NC2=C(C(=O)Nc3ccc(C)cc3)S(=O)(=O)c3ccccc32)c1. The molecule has 0 saturated carbocycles. The quantitative estimate of drug-likeness (QED) is 0.491. The summed E-state index contributed by atoms with van der Waals surface area (Å²) in [6, 6.07) is 18.3. The van der Waals surface area contributed by atoms with E-state index in [4.69, 9.17) is 4.74 Å². The predicted octanol–water partition coefficient (Wildman–Crippen LogP) is 4.17. The van der Waals surface area contributed by atoms with Gasteiger partial charge in [0.15, 0.2) is 4.91 Å². The van der Waals surface area contributed by atoms with Crippen LogP contribution in [0.5, 0.6) is 5.75 Å². The summed E-state index contributed by atoms with van der Waals surface area (Å²) < 4.78 is 32.1. The molecule has 0 spiro atoms. The molecule has 0 radical (unpaired) electrons. The van der Waals surface area contributed by atoms with Crippen molar-refractivity contribution in [2.24, 2.45) is 0 Å². The molecule has 0 fully saturated rings. The fourth-order valence-corrected chi connectivity index (χ4v) is 5.31. The number of ether oxygens (including phenoxy) is 1. The number of carbonyl (C=O) groups excluding carboxylic acids is 2. The molecule has 0 atom stereocenters. The molecule has 34 heavy (non-hydrogen) atoms. The number of hydrogen-bond donors (Lipinski definition) is 3. The molecule has 2 amide bonds. The molecule has 174 valence electrons. The lowest BCUT2D eigenvalue weighted by molar-refractivity contribution is -0.114. The highest BCUT2D eigenvalue weighted by Gasteiger charge is 2.40. The van der Waals surface area contributed by atoms with Gasteiger partial charge in [0.2, 0.25) is 15.7 Å². The Labute approximate surface area is 197 Å². The van der Waals surface area contributed by atoms with Gasteiger partial charge >= 0.3 is 0 Å². The molecular formula is C25H23N3O5S. The molecule has 8 nitrogen and oxygen atoms in total. The first-order valence-corrected chi connectivity index (χ1v) is 11.9. The highest BCUT2D eigenvalue weighted by molar-refractivity contribution is 7.97. The van der Waals surface area contributed by atoms with E-state index in [1.165, 1.54) is 20.1 Å². The summed E-state index contributed by atoms with van der Waals surface area (Å²) >= 11 is 0. The van der Waals surface area contributed by atoms with Crippen molar-refractivity contribution in [3.05, 3.63) is 82.8 Å². The van der Waals surface area contributed by atoms with E-state index >= 15 is 0 Å². The van der Waals surface area contributed by atoms with E-state index in [1.54, 1.807) is 48.5 Å². The fraction of sp³-hybridized carbons (Fsp3) is 0.120. The van der Waals surface area contributed by atoms with Crippen molar-refractivity contribution in [3.63, 3.8) is 0 Å². The maximum atomic E-state index is 13.4. The number of benzene rings is 3. The normalized spacial score (nSPS) is 13.7. The number of carbonyl (C=O) groups is 2. The zero-order chi connectivity index (χ0) is 24.5. The van der Waals surface area contributed by atoms with Gasteiger partial charge in [-0.2, -0.15) is 0 Å². The molecule has 3 aromatic rings. The van der Waals surface area contributed by atoms with E-state index in [2.05, 4.69) is 16.0 Å². The van der Waals surface area contributed by atoms with Crippen molar-refractivity contribution in [3.8, 4) is 5.75 Å². The number of amides is 2. The Kier molecular flexibility index (Phi) is 6.12. The van der Waals surface area contributed by atoms with Gasteiger partial charge in [-0.05, 0) is 37.3 Å². The maximum Gasteiger partial charge on any atom is 0.269 e. The van der Waals surface area contributed by atoms with Gasteiger partial charge in [0.1, 0.15) is 5.75 Å². The first-order chi connectivity index (χ1) is 16.2. The third kappa shape index (κ3) is 4.38. The highest BCUT2D eigenvalue weighted by Crippen LogP contribution is 2.41. The van der Waals surface area contributed by atoms with Crippen LogP contribution in [0, 0.1) is 6.92 Å². The summed E-state index contributed by atoms with van der Waals surface area (Å²) in [4.78, 5) is 24.6. The molecule has 1 aliphatic heterocycles. The number of nitrogens with one attached hydrogen (secondary N) is 3. The van der Waals surface area contributed by atoms with Gasteiger partial charge in [-0.15, -0.1) is 0 Å². The van der Waals surface area contributed by atoms with Gasteiger partial charge < -0.3 is 20.7 Å². The molecule has 9 heteroatoms. The van der Waals surface area contributed by atoms with Gasteiger partial charge in [0.25, 0.3) is 5.91 Å². The minimum absolute atomic E-state index is 0.0236. The Morgan fingerprint density at radius 3 is 2.26 bits per heavy atom. The smallest absolute Gasteiger partial charge is 0.269 e. The van der Waals surface area contributed by atoms with Crippen LogP contribution >= 0.6 is 0 Å². The van der Waals surface area contributed by atoms with Gasteiger partial charge in [-0.3, -0.25) is 9.59 Å². The van der Waals surface area contributed by atoms with E-state index in [1.807, 2.05) is 19.1 Å². The van der Waals surface area contributed by atoms with Crippen LogP contribution in [0.1, 0.15) is 18.1 Å². The third-order valence-electron chi connectivity index (χ3n) is 5.25. The van der Waals surface area contributed by atoms with E-state index in [9.17, 15) is 18.0 Å². The largest absolute Gasteiger partial charge is 0.497 e. The second-order valence-electron chi connectivity index (χ2n) is 7.74. The van der Waals surface area contributed by atoms with Crippen LogP contribution in [0.2, 0.25) is 0 Å². The van der Waals surface area contributed by atoms with Gasteiger partial charge in [-0.25, -0.2) is 8.42 Å². The Morgan fingerprint density at radius 2 is 1.59 bits per heavy atom. The van der Waals surface area contributed by atoms with Crippen molar-refractivity contribution < 1.29 is 22.7 Å². The molecule has 3 aromatic carbocycles. The summed E-state index contributed by atoms with van der Waals surface area (Å²) in [5.74, 6) is -0.595. The summed E-state index contributed by atoms with van der Waals surface area (Å²) in [5, 5.41) is 8.45. The zero-order valence-electron chi connectivity index (χ0n) is 18.8. The number of hydrogen-bond acceptors (Lipinski definition) is 6. The van der Waals surface area contributed by atoms with E-state index in [0.717, 1.165) is 5.56 Å². The summed E-state index contributed by atoms with van der Waals surface area (Å²) in [6.45, 7) is 3.28. The summed E-state index contributed by atoms with van der Waals surface area (Å²) in [5.41, 5.74) is 2.71. The van der Waals surface area contributed by atoms with Gasteiger partial charge in [0.05, 0.1) is 29.1 Å². The van der Waals surface area contributed by atoms with Crippen LogP contribution in [0.4, 0.5) is 17.1 Å². The third-order valence-corrected chi connectivity index (χ3v) is 7.12. The van der Waals surface area contributed by atoms with Crippen LogP contribution < -0.4 is 20.7 Å². The number of sulfone groups is 1. The van der Waals surface area contributed by atoms with E-state index < -0.39 is 20.6 Å². The second-order valence-corrected chi connectivity index (χ2v) is 9.60. The number of anilines is 3. The van der Waals surface area contributed by atoms with Crippen molar-refractivity contribution >= 4 is 44.4 Å². The number of methoxy groups -OCH3 is 1. The van der Waals surface area contributed by atoms with E-state index in [0.29, 0.717) is 28.4 Å². The minimum atomic E-state index is -4.11. The van der Waals surface area contributed by atoms with Gasteiger partial charge in [0, 0.05) is 24.2 Å². The Hall–Kier alpha value is -4.11. The first kappa shape index (κ1) is 23.1. The van der Waals surface area contributed by atoms with Crippen LogP contribution in [0.3, 0.4) is 0 Å². The Balaban J connectivity index is 1.85. The second kappa shape index (κ2) is 9.03. The standard InChI is InChI=1S/C25H23N3O5S/c1-15-8-10-17(11-9-15)27-25(30)24-23(19-6-4-5-7-22(19)34(24,31)32)28-21-14-18(33-3)12-13-20(21)26-16(2)29/h4-14,28H,1-3H3,(H,26,29)(H,27,30). The van der Waals surface area contributed by atoms with Crippen molar-refractivity contribution in [1.82, 2.24) is 0 Å². The van der Waals surface area contributed by atoms with Crippen LogP contribution in [-0.2, 0) is 19.4 Å². The van der Waals surface area contributed by atoms with Crippen molar-refractivity contribution in [2.75, 3.05) is 23.1 Å². The van der Waals surface area contributed by atoms with Crippen LogP contribution in [0.15, 0.2) is 76.5 Å². The van der Waals surface area contributed by atoms with Crippen molar-refractivity contribution in [2.45, 2.75) is 18.7 Å². The number of rotatable bonds is 6. The number of fused-ring (bicyclic) bond motifs is 1. The lowest BCUT2D eigenvalue weighted by atomic mass is 10.1. The molecule has 0 bridgehead atoms. The average molecular weight is 478 g/mol. The highest BCUT2D eigenvalue weighted by atomic mass is 32.2. The van der Waals surface area contributed by atoms with Crippen LogP contribution in [0.25, 0.3) is 5.70 Å². The molecule has 0 aromatic heterocycles. The Bertz CT molecular complexity index is 1430. The number of aryl methyl sites for hydroxylation is 1. The molecular weight excluding hydrogens is 454 g/mol. The minimum Gasteiger partial charge on any atom is -0.497 e. The average Bonchev–Trinajstić information content (AvgIpc) is 3.03. The van der Waals surface area contributed by atoms with Gasteiger partial charge in [-0.1, -0.05) is 35.9 Å². The Morgan fingerprint density at radius 1 is 0.882 bits per heavy atom. The topological polar surface area (TPSA) is 114 Å². The predicted molar refractivity (Wildman–Crippen MR) is 131 cm³/mol. The molecule has 0 saturated heterocycles. The molecule has 3 N–H and O–H groups in total. The lowest BCUT2D eigenvalue weighted by Gasteiger charge is -2.16. The molecule has 4 rings (SSSR count). The zero-order valence-corrected chi connectivity index (χ0v) is 19.6. The first-order valence-electron chi connectivity index (χ1n) is 10.4. The molecule has 1 aliphatic rings.